The average molecular weight is 229 g/mol. The third kappa shape index (κ3) is 2.61. The molecule has 17 heavy (non-hydrogen) atoms. The molecule has 2 aromatic rings. The number of rotatable bonds is 4. The fourth-order valence-electron chi connectivity index (χ4n) is 1.65. The van der Waals surface area contributed by atoms with Gasteiger partial charge in [0.05, 0.1) is 17.1 Å². The maximum absolute atomic E-state index is 10.4. The third-order valence-corrected chi connectivity index (χ3v) is 2.46. The Balaban J connectivity index is 2.15. The maximum Gasteiger partial charge on any atom is 0.303 e. The van der Waals surface area contributed by atoms with Crippen LogP contribution in [0.1, 0.15) is 18.4 Å². The van der Waals surface area contributed by atoms with Crippen LogP contribution in [0.2, 0.25) is 0 Å². The first-order valence-corrected chi connectivity index (χ1v) is 5.28. The first kappa shape index (κ1) is 11.1. The Bertz CT molecular complexity index is 595. The van der Waals surface area contributed by atoms with Gasteiger partial charge in [0.25, 0.3) is 0 Å². The summed E-state index contributed by atoms with van der Waals surface area (Å²) in [6.45, 7) is 0.572. The lowest BCUT2D eigenvalue weighted by Gasteiger charge is -1.97. The Kier molecular flexibility index (Phi) is 3.06. The van der Waals surface area contributed by atoms with Crippen LogP contribution in [0, 0.1) is 11.3 Å². The monoisotopic (exact) mass is 229 g/mol. The van der Waals surface area contributed by atoms with Crippen molar-refractivity contribution < 1.29 is 9.90 Å². The summed E-state index contributed by atoms with van der Waals surface area (Å²) >= 11 is 0. The SMILES string of the molecule is N#Cc1ccc2nn(CCCC(=O)O)cc2c1. The molecule has 5 heteroatoms. The minimum atomic E-state index is -0.798. The van der Waals surface area contributed by atoms with Gasteiger partial charge in [-0.05, 0) is 24.6 Å². The molecule has 0 aliphatic rings. The molecular weight excluding hydrogens is 218 g/mol. The molecule has 1 N–H and O–H groups in total. The predicted molar refractivity (Wildman–Crippen MR) is 61.3 cm³/mol. The molecule has 0 fully saturated rings. The predicted octanol–water partition coefficient (Wildman–Crippen LogP) is 1.77. The van der Waals surface area contributed by atoms with Gasteiger partial charge >= 0.3 is 5.97 Å². The Morgan fingerprint density at radius 1 is 1.53 bits per heavy atom. The number of hydrogen-bond acceptors (Lipinski definition) is 3. The fraction of sp³-hybridized carbons (Fsp3) is 0.250. The van der Waals surface area contributed by atoms with E-state index in [1.165, 1.54) is 0 Å². The van der Waals surface area contributed by atoms with Crippen LogP contribution in [-0.2, 0) is 11.3 Å². The molecule has 1 heterocycles. The molecule has 0 unspecified atom stereocenters. The van der Waals surface area contributed by atoms with Crippen LogP contribution in [0.4, 0.5) is 0 Å². The fourth-order valence-corrected chi connectivity index (χ4v) is 1.65. The number of hydrogen-bond donors (Lipinski definition) is 1. The summed E-state index contributed by atoms with van der Waals surface area (Å²) in [5.41, 5.74) is 1.42. The zero-order valence-corrected chi connectivity index (χ0v) is 9.13. The summed E-state index contributed by atoms with van der Waals surface area (Å²) in [6.07, 6.45) is 2.52. The molecule has 0 spiro atoms. The van der Waals surface area contributed by atoms with E-state index in [0.29, 0.717) is 18.5 Å². The number of carboxylic acid groups (broad SMARTS) is 1. The highest BCUT2D eigenvalue weighted by Crippen LogP contribution is 2.14. The van der Waals surface area contributed by atoms with Crippen molar-refractivity contribution in [3.8, 4) is 6.07 Å². The second-order valence-corrected chi connectivity index (χ2v) is 3.77. The Labute approximate surface area is 97.9 Å². The molecule has 0 radical (unpaired) electrons. The number of carbonyl (C=O) groups is 1. The number of nitrogens with zero attached hydrogens (tertiary/aromatic N) is 3. The zero-order chi connectivity index (χ0) is 12.3. The van der Waals surface area contributed by atoms with E-state index in [1.54, 1.807) is 22.9 Å². The van der Waals surface area contributed by atoms with E-state index in [1.807, 2.05) is 6.20 Å². The Hall–Kier alpha value is -2.35. The minimum absolute atomic E-state index is 0.139. The topological polar surface area (TPSA) is 78.9 Å². The second kappa shape index (κ2) is 4.66. The van der Waals surface area contributed by atoms with Gasteiger partial charge in [0, 0.05) is 24.5 Å². The standard InChI is InChI=1S/C12H11N3O2/c13-7-9-3-4-11-10(6-9)8-15(14-11)5-1-2-12(16)17/h3-4,6,8H,1-2,5H2,(H,16,17). The lowest BCUT2D eigenvalue weighted by atomic mass is 10.2. The number of fused-ring (bicyclic) bond motifs is 1. The summed E-state index contributed by atoms with van der Waals surface area (Å²) in [6, 6.07) is 7.36. The van der Waals surface area contributed by atoms with E-state index in [2.05, 4.69) is 11.2 Å². The molecule has 0 amide bonds. The first-order valence-electron chi connectivity index (χ1n) is 5.28. The van der Waals surface area contributed by atoms with Crippen LogP contribution < -0.4 is 0 Å². The number of aliphatic carboxylic acids is 1. The molecule has 1 aromatic carbocycles. The first-order chi connectivity index (χ1) is 8.19. The van der Waals surface area contributed by atoms with Gasteiger partial charge in [-0.1, -0.05) is 0 Å². The molecule has 2 rings (SSSR count). The highest BCUT2D eigenvalue weighted by molar-refractivity contribution is 5.79. The quantitative estimate of drug-likeness (QED) is 0.866. The number of benzene rings is 1. The summed E-state index contributed by atoms with van der Waals surface area (Å²) < 4.78 is 1.72. The largest absolute Gasteiger partial charge is 0.481 e. The van der Waals surface area contributed by atoms with Crippen molar-refractivity contribution in [2.24, 2.45) is 0 Å². The molecule has 0 atom stereocenters. The second-order valence-electron chi connectivity index (χ2n) is 3.77. The Morgan fingerprint density at radius 3 is 3.06 bits per heavy atom. The van der Waals surface area contributed by atoms with Crippen LogP contribution in [0.5, 0.6) is 0 Å². The van der Waals surface area contributed by atoms with Gasteiger partial charge in [-0.15, -0.1) is 0 Å². The highest BCUT2D eigenvalue weighted by Gasteiger charge is 2.03. The number of aromatic nitrogens is 2. The van der Waals surface area contributed by atoms with Crippen LogP contribution in [0.15, 0.2) is 24.4 Å². The van der Waals surface area contributed by atoms with Gasteiger partial charge in [0.2, 0.25) is 0 Å². The average Bonchev–Trinajstić information content (AvgIpc) is 2.69. The van der Waals surface area contributed by atoms with Gasteiger partial charge in [-0.2, -0.15) is 10.4 Å². The number of aryl methyl sites for hydroxylation is 1. The van der Waals surface area contributed by atoms with Gasteiger partial charge in [0.1, 0.15) is 0 Å². The van der Waals surface area contributed by atoms with Crippen LogP contribution >= 0.6 is 0 Å². The summed E-state index contributed by atoms with van der Waals surface area (Å²) in [4.78, 5) is 10.4. The van der Waals surface area contributed by atoms with Crippen LogP contribution in [-0.4, -0.2) is 20.9 Å². The van der Waals surface area contributed by atoms with Crippen molar-refractivity contribution in [2.75, 3.05) is 0 Å². The lowest BCUT2D eigenvalue weighted by molar-refractivity contribution is -0.137. The number of nitriles is 1. The minimum Gasteiger partial charge on any atom is -0.481 e. The van der Waals surface area contributed by atoms with E-state index in [9.17, 15) is 4.79 Å². The molecule has 86 valence electrons. The van der Waals surface area contributed by atoms with Gasteiger partial charge in [0.15, 0.2) is 0 Å². The smallest absolute Gasteiger partial charge is 0.303 e. The Morgan fingerprint density at radius 2 is 2.35 bits per heavy atom. The normalized spacial score (nSPS) is 10.3. The van der Waals surface area contributed by atoms with E-state index in [4.69, 9.17) is 10.4 Å². The van der Waals surface area contributed by atoms with Gasteiger partial charge in [-0.25, -0.2) is 0 Å². The van der Waals surface area contributed by atoms with E-state index < -0.39 is 5.97 Å². The van der Waals surface area contributed by atoms with Crippen molar-refractivity contribution >= 4 is 16.9 Å². The van der Waals surface area contributed by atoms with Crippen molar-refractivity contribution in [1.29, 1.82) is 5.26 Å². The molecule has 0 saturated heterocycles. The molecule has 5 nitrogen and oxygen atoms in total. The van der Waals surface area contributed by atoms with Crippen LogP contribution in [0.3, 0.4) is 0 Å². The van der Waals surface area contributed by atoms with Crippen molar-refractivity contribution in [1.82, 2.24) is 9.78 Å². The molecule has 0 aliphatic heterocycles. The third-order valence-electron chi connectivity index (χ3n) is 2.46. The maximum atomic E-state index is 10.4. The highest BCUT2D eigenvalue weighted by atomic mass is 16.4. The van der Waals surface area contributed by atoms with Gasteiger partial charge in [-0.3, -0.25) is 9.48 Å². The number of carboxylic acids is 1. The van der Waals surface area contributed by atoms with E-state index in [0.717, 1.165) is 10.9 Å². The molecule has 0 bridgehead atoms. The van der Waals surface area contributed by atoms with Crippen molar-refractivity contribution in [2.45, 2.75) is 19.4 Å². The zero-order valence-electron chi connectivity index (χ0n) is 9.13. The summed E-state index contributed by atoms with van der Waals surface area (Å²) in [5, 5.41) is 22.5. The molecular formula is C12H11N3O2. The lowest BCUT2D eigenvalue weighted by Crippen LogP contribution is -2.02. The molecule has 0 aliphatic carbocycles. The van der Waals surface area contributed by atoms with Crippen molar-refractivity contribution in [3.05, 3.63) is 30.0 Å². The van der Waals surface area contributed by atoms with Crippen molar-refractivity contribution in [3.63, 3.8) is 0 Å². The summed E-state index contributed by atoms with van der Waals surface area (Å²) in [7, 11) is 0. The molecule has 1 aromatic heterocycles. The summed E-state index contributed by atoms with van der Waals surface area (Å²) in [5.74, 6) is -0.798. The van der Waals surface area contributed by atoms with Crippen LogP contribution in [0.25, 0.3) is 10.9 Å². The van der Waals surface area contributed by atoms with Gasteiger partial charge < -0.3 is 5.11 Å². The molecule has 0 saturated carbocycles. The van der Waals surface area contributed by atoms with E-state index >= 15 is 0 Å². The van der Waals surface area contributed by atoms with E-state index in [-0.39, 0.29) is 6.42 Å².